The lowest BCUT2D eigenvalue weighted by Gasteiger charge is -2.12. The van der Waals surface area contributed by atoms with Crippen LogP contribution < -0.4 is 5.56 Å². The summed E-state index contributed by atoms with van der Waals surface area (Å²) < 4.78 is 1.88. The number of halogens is 1. The zero-order valence-electron chi connectivity index (χ0n) is 17.2. The number of H-pyrrole nitrogens is 1. The lowest BCUT2D eigenvalue weighted by Crippen LogP contribution is -2.12. The van der Waals surface area contributed by atoms with E-state index in [1.807, 2.05) is 72.3 Å². The molecule has 5 aromatic rings. The summed E-state index contributed by atoms with van der Waals surface area (Å²) in [6.45, 7) is 3.95. The highest BCUT2D eigenvalue weighted by molar-refractivity contribution is 7.99. The molecule has 5 rings (SSSR count). The lowest BCUT2D eigenvalue weighted by atomic mass is 10.1. The molecule has 0 bridgehead atoms. The number of aromatic nitrogens is 5. The van der Waals surface area contributed by atoms with Crippen molar-refractivity contribution in [2.24, 2.45) is 0 Å². The highest BCUT2D eigenvalue weighted by atomic mass is 35.5. The number of fused-ring (bicyclic) bond motifs is 1. The van der Waals surface area contributed by atoms with E-state index in [-0.39, 0.29) is 10.8 Å². The molecule has 0 saturated heterocycles. The normalized spacial score (nSPS) is 12.3. The van der Waals surface area contributed by atoms with Gasteiger partial charge in [-0.3, -0.25) is 9.36 Å². The van der Waals surface area contributed by atoms with E-state index in [1.54, 1.807) is 6.33 Å². The van der Waals surface area contributed by atoms with Crippen molar-refractivity contribution in [2.75, 3.05) is 0 Å². The van der Waals surface area contributed by atoms with E-state index < -0.39 is 0 Å². The maximum atomic E-state index is 13.0. The minimum atomic E-state index is -0.141. The van der Waals surface area contributed by atoms with Crippen LogP contribution >= 0.6 is 34.7 Å². The fraction of sp³-hybridized carbons (Fsp3) is 0.130. The van der Waals surface area contributed by atoms with Gasteiger partial charge in [0.25, 0.3) is 5.56 Å². The maximum absolute atomic E-state index is 13.0. The van der Waals surface area contributed by atoms with Crippen molar-refractivity contribution in [3.63, 3.8) is 0 Å². The van der Waals surface area contributed by atoms with Gasteiger partial charge in [0, 0.05) is 16.0 Å². The number of hydrogen-bond acceptors (Lipinski definition) is 6. The van der Waals surface area contributed by atoms with Crippen molar-refractivity contribution in [3.05, 3.63) is 87.0 Å². The van der Waals surface area contributed by atoms with E-state index in [1.165, 1.54) is 23.1 Å². The number of thiophene rings is 1. The smallest absolute Gasteiger partial charge is 0.260 e. The van der Waals surface area contributed by atoms with E-state index in [4.69, 9.17) is 16.6 Å². The van der Waals surface area contributed by atoms with Crippen LogP contribution in [0.2, 0.25) is 5.02 Å². The summed E-state index contributed by atoms with van der Waals surface area (Å²) in [5.74, 6) is 0.602. The quantitative estimate of drug-likeness (QED) is 0.310. The molecule has 32 heavy (non-hydrogen) atoms. The minimum Gasteiger partial charge on any atom is -0.309 e. The van der Waals surface area contributed by atoms with Crippen LogP contribution in [0.5, 0.6) is 0 Å². The number of hydrogen-bond donors (Lipinski definition) is 1. The van der Waals surface area contributed by atoms with Gasteiger partial charge in [-0.15, -0.1) is 21.5 Å². The van der Waals surface area contributed by atoms with E-state index in [9.17, 15) is 4.79 Å². The minimum absolute atomic E-state index is 0.135. The number of aromatic amines is 1. The molecular formula is C23H18ClN5OS2. The first-order valence-corrected chi connectivity index (χ1v) is 12.0. The molecule has 0 radical (unpaired) electrons. The average molecular weight is 480 g/mol. The second kappa shape index (κ2) is 8.54. The first kappa shape index (κ1) is 20.9. The van der Waals surface area contributed by atoms with Crippen molar-refractivity contribution < 1.29 is 0 Å². The summed E-state index contributed by atoms with van der Waals surface area (Å²) in [4.78, 5) is 21.4. The fourth-order valence-electron chi connectivity index (χ4n) is 3.42. The molecule has 3 aromatic heterocycles. The summed E-state index contributed by atoms with van der Waals surface area (Å²) in [6, 6.07) is 15.7. The topological polar surface area (TPSA) is 76.5 Å². The Hall–Kier alpha value is -2.94. The third-order valence-corrected chi connectivity index (χ3v) is 7.51. The van der Waals surface area contributed by atoms with Crippen LogP contribution in [-0.2, 0) is 0 Å². The molecular weight excluding hydrogens is 462 g/mol. The predicted octanol–water partition coefficient (Wildman–Crippen LogP) is 6.05. The molecule has 6 nitrogen and oxygen atoms in total. The van der Waals surface area contributed by atoms with Crippen molar-refractivity contribution in [2.45, 2.75) is 24.3 Å². The molecule has 3 heterocycles. The summed E-state index contributed by atoms with van der Waals surface area (Å²) in [5, 5.41) is 12.2. The van der Waals surface area contributed by atoms with Crippen LogP contribution in [-0.4, -0.2) is 24.7 Å². The van der Waals surface area contributed by atoms with E-state index in [0.717, 1.165) is 27.2 Å². The Bertz CT molecular complexity index is 1480. The molecule has 0 amide bonds. The maximum Gasteiger partial charge on any atom is 0.260 e. The highest BCUT2D eigenvalue weighted by Gasteiger charge is 2.19. The van der Waals surface area contributed by atoms with Crippen LogP contribution in [0.1, 0.15) is 23.6 Å². The molecule has 0 aliphatic heterocycles. The Morgan fingerprint density at radius 2 is 2.00 bits per heavy atom. The largest absolute Gasteiger partial charge is 0.309 e. The first-order valence-electron chi connectivity index (χ1n) is 9.91. The Morgan fingerprint density at radius 1 is 1.19 bits per heavy atom. The Balaban J connectivity index is 1.47. The van der Waals surface area contributed by atoms with Gasteiger partial charge in [-0.2, -0.15) is 0 Å². The highest BCUT2D eigenvalue weighted by Crippen LogP contribution is 2.35. The summed E-state index contributed by atoms with van der Waals surface area (Å²) in [5.41, 5.74) is 3.66. The zero-order valence-corrected chi connectivity index (χ0v) is 19.6. The van der Waals surface area contributed by atoms with Crippen molar-refractivity contribution in [1.29, 1.82) is 0 Å². The van der Waals surface area contributed by atoms with E-state index in [0.29, 0.717) is 21.4 Å². The first-order chi connectivity index (χ1) is 15.5. The third kappa shape index (κ3) is 3.85. The summed E-state index contributed by atoms with van der Waals surface area (Å²) in [7, 11) is 0. The number of nitrogens with one attached hydrogen (secondary N) is 1. The molecule has 0 spiro atoms. The fourth-order valence-corrected chi connectivity index (χ4v) is 5.45. The standard InChI is InChI=1S/C23H18ClN5OS2/c1-13-8-9-16(10-18(13)24)29-12-25-28-23(29)32-14(2)20-26-21(30)19-17(11-31-22(19)27-20)15-6-4-3-5-7-15/h3-12,14H,1-2H3,(H,26,27,30). The van der Waals surface area contributed by atoms with Crippen molar-refractivity contribution >= 4 is 44.9 Å². The second-order valence-electron chi connectivity index (χ2n) is 7.32. The van der Waals surface area contributed by atoms with Gasteiger partial charge in [0.2, 0.25) is 0 Å². The van der Waals surface area contributed by atoms with Gasteiger partial charge >= 0.3 is 0 Å². The summed E-state index contributed by atoms with van der Waals surface area (Å²) in [6.07, 6.45) is 1.65. The number of thioether (sulfide) groups is 1. The Labute approximate surface area is 197 Å². The van der Waals surface area contributed by atoms with Gasteiger partial charge in [0.15, 0.2) is 5.16 Å². The second-order valence-corrected chi connectivity index (χ2v) is 9.90. The molecule has 0 saturated carbocycles. The van der Waals surface area contributed by atoms with E-state index in [2.05, 4.69) is 15.2 Å². The molecule has 1 unspecified atom stereocenters. The number of rotatable bonds is 5. The Morgan fingerprint density at radius 3 is 2.78 bits per heavy atom. The van der Waals surface area contributed by atoms with Gasteiger partial charge < -0.3 is 4.98 Å². The van der Waals surface area contributed by atoms with Crippen LogP contribution in [0.15, 0.2) is 70.2 Å². The molecule has 0 aliphatic carbocycles. The number of nitrogens with zero attached hydrogens (tertiary/aromatic N) is 4. The van der Waals surface area contributed by atoms with Gasteiger partial charge in [0.05, 0.1) is 16.3 Å². The molecule has 1 atom stereocenters. The van der Waals surface area contributed by atoms with E-state index >= 15 is 0 Å². The molecule has 0 aliphatic rings. The Kier molecular flexibility index (Phi) is 5.58. The van der Waals surface area contributed by atoms with Gasteiger partial charge in [-0.05, 0) is 37.1 Å². The van der Waals surface area contributed by atoms with Crippen molar-refractivity contribution in [1.82, 2.24) is 24.7 Å². The molecule has 0 fully saturated rings. The molecule has 1 N–H and O–H groups in total. The number of aryl methyl sites for hydroxylation is 1. The average Bonchev–Trinajstić information content (AvgIpc) is 3.43. The van der Waals surface area contributed by atoms with Crippen LogP contribution in [0.4, 0.5) is 0 Å². The lowest BCUT2D eigenvalue weighted by molar-refractivity contribution is 0.861. The van der Waals surface area contributed by atoms with Crippen molar-refractivity contribution in [3.8, 4) is 16.8 Å². The van der Waals surface area contributed by atoms with Crippen LogP contribution in [0.25, 0.3) is 27.0 Å². The van der Waals surface area contributed by atoms with Crippen LogP contribution in [0.3, 0.4) is 0 Å². The number of benzene rings is 2. The van der Waals surface area contributed by atoms with Gasteiger partial charge in [-0.1, -0.05) is 59.8 Å². The molecule has 9 heteroatoms. The van der Waals surface area contributed by atoms with Crippen LogP contribution in [0, 0.1) is 6.92 Å². The predicted molar refractivity (Wildman–Crippen MR) is 131 cm³/mol. The SMILES string of the molecule is Cc1ccc(-n2cnnc2SC(C)c2nc3scc(-c4ccccc4)c3c(=O)[nH]2)cc1Cl. The third-order valence-electron chi connectivity index (χ3n) is 5.16. The van der Waals surface area contributed by atoms with Gasteiger partial charge in [0.1, 0.15) is 17.0 Å². The zero-order chi connectivity index (χ0) is 22.2. The monoisotopic (exact) mass is 479 g/mol. The van der Waals surface area contributed by atoms with Gasteiger partial charge in [-0.25, -0.2) is 4.98 Å². The molecule has 2 aromatic carbocycles. The summed E-state index contributed by atoms with van der Waals surface area (Å²) >= 11 is 9.25. The molecule has 160 valence electrons.